The van der Waals surface area contributed by atoms with Crippen molar-refractivity contribution in [2.75, 3.05) is 14.2 Å². The Morgan fingerprint density at radius 2 is 0.881 bits per heavy atom. The van der Waals surface area contributed by atoms with Gasteiger partial charge in [0.25, 0.3) is 0 Å². The van der Waals surface area contributed by atoms with Crippen molar-refractivity contribution in [3.63, 3.8) is 0 Å². The number of aliphatic imine (C=N–C) groups is 2. The Morgan fingerprint density at radius 3 is 1.24 bits per heavy atom. The van der Waals surface area contributed by atoms with Crippen LogP contribution >= 0.6 is 0 Å². The van der Waals surface area contributed by atoms with Crippen molar-refractivity contribution in [3.05, 3.63) is 108 Å². The third-order valence-electron chi connectivity index (χ3n) is 6.65. The van der Waals surface area contributed by atoms with Crippen molar-refractivity contribution in [2.45, 2.75) is 0 Å². The molecular weight excluding hydrogens is 532 g/mol. The summed E-state index contributed by atoms with van der Waals surface area (Å²) in [5, 5.41) is 41.4. The lowest BCUT2D eigenvalue weighted by atomic mass is 9.97. The number of benzene rings is 5. The number of methoxy groups -OCH3 is 2. The van der Waals surface area contributed by atoms with Crippen molar-refractivity contribution in [2.24, 2.45) is 9.98 Å². The molecule has 0 fully saturated rings. The Kier molecular flexibility index (Phi) is 8.06. The van der Waals surface area contributed by atoms with Crippen LogP contribution in [0.1, 0.15) is 11.1 Å². The molecule has 0 aliphatic rings. The SMILES string of the molecule is COc1cc(-c2ccc(-c3cc(C=Nc4ccccc4O)c(O)c(OC)c3)cc2)cc(C=Nc2ccccc2O)c1O. The lowest BCUT2D eigenvalue weighted by Crippen LogP contribution is -1.92. The van der Waals surface area contributed by atoms with Crippen LogP contribution in [0.25, 0.3) is 22.3 Å². The van der Waals surface area contributed by atoms with Gasteiger partial charge in [0.1, 0.15) is 22.9 Å². The summed E-state index contributed by atoms with van der Waals surface area (Å²) in [4.78, 5) is 8.65. The van der Waals surface area contributed by atoms with Crippen molar-refractivity contribution < 1.29 is 29.9 Å². The first kappa shape index (κ1) is 27.8. The van der Waals surface area contributed by atoms with Crippen molar-refractivity contribution in [1.82, 2.24) is 0 Å². The van der Waals surface area contributed by atoms with Gasteiger partial charge in [-0.3, -0.25) is 9.98 Å². The second kappa shape index (κ2) is 12.2. The zero-order chi connectivity index (χ0) is 29.6. The molecule has 0 aliphatic carbocycles. The van der Waals surface area contributed by atoms with Crippen LogP contribution in [0.3, 0.4) is 0 Å². The van der Waals surface area contributed by atoms with Gasteiger partial charge in [0, 0.05) is 23.6 Å². The molecule has 4 N–H and O–H groups in total. The third-order valence-corrected chi connectivity index (χ3v) is 6.65. The maximum atomic E-state index is 10.7. The van der Waals surface area contributed by atoms with E-state index in [4.69, 9.17) is 9.47 Å². The van der Waals surface area contributed by atoms with E-state index in [-0.39, 0.29) is 34.5 Å². The van der Waals surface area contributed by atoms with E-state index < -0.39 is 0 Å². The first-order valence-corrected chi connectivity index (χ1v) is 12.9. The number of phenolic OH excluding ortho intramolecular Hbond substituents is 4. The molecule has 0 unspecified atom stereocenters. The number of ether oxygens (including phenoxy) is 2. The van der Waals surface area contributed by atoms with Gasteiger partial charge >= 0.3 is 0 Å². The van der Waals surface area contributed by atoms with Crippen LogP contribution in [0.2, 0.25) is 0 Å². The monoisotopic (exact) mass is 560 g/mol. The molecule has 5 aromatic carbocycles. The molecular formula is C34H28N2O6. The molecule has 0 atom stereocenters. The number of hydrogen-bond acceptors (Lipinski definition) is 8. The topological polar surface area (TPSA) is 124 Å². The van der Waals surface area contributed by atoms with E-state index in [0.717, 1.165) is 22.3 Å². The summed E-state index contributed by atoms with van der Waals surface area (Å²) in [6.07, 6.45) is 2.96. The Morgan fingerprint density at radius 1 is 0.500 bits per heavy atom. The molecule has 42 heavy (non-hydrogen) atoms. The summed E-state index contributed by atoms with van der Waals surface area (Å²) in [7, 11) is 2.95. The Labute approximate surface area is 242 Å². The summed E-state index contributed by atoms with van der Waals surface area (Å²) >= 11 is 0. The van der Waals surface area contributed by atoms with Crippen molar-refractivity contribution in [3.8, 4) is 56.8 Å². The zero-order valence-corrected chi connectivity index (χ0v) is 22.9. The van der Waals surface area contributed by atoms with Gasteiger partial charge in [-0.25, -0.2) is 0 Å². The van der Waals surface area contributed by atoms with E-state index in [0.29, 0.717) is 22.5 Å². The molecule has 0 aliphatic heterocycles. The largest absolute Gasteiger partial charge is 0.506 e. The highest BCUT2D eigenvalue weighted by Crippen LogP contribution is 2.38. The van der Waals surface area contributed by atoms with E-state index in [1.54, 1.807) is 72.8 Å². The molecule has 0 spiro atoms. The smallest absolute Gasteiger partial charge is 0.166 e. The standard InChI is InChI=1S/C34H28N2O6/c1-41-31-17-23(15-25(33(31)39)19-35-27-7-3-5-9-29(27)37)21-11-13-22(14-12-21)24-16-26(34(40)32(18-24)42-2)20-36-28-8-4-6-10-30(28)38/h3-20,37-40H,1-2H3. The van der Waals surface area contributed by atoms with E-state index in [1.807, 2.05) is 24.3 Å². The number of phenols is 4. The summed E-state index contributed by atoms with van der Waals surface area (Å²) < 4.78 is 10.8. The van der Waals surface area contributed by atoms with Gasteiger partial charge in [-0.05, 0) is 70.8 Å². The van der Waals surface area contributed by atoms with Crippen LogP contribution in [-0.2, 0) is 0 Å². The van der Waals surface area contributed by atoms with Crippen LogP contribution in [0.5, 0.6) is 34.5 Å². The number of para-hydroxylation sites is 4. The summed E-state index contributed by atoms with van der Waals surface area (Å²) in [5.41, 5.74) is 4.90. The fourth-order valence-corrected chi connectivity index (χ4v) is 4.38. The molecule has 0 aromatic heterocycles. The minimum absolute atomic E-state index is 0.0328. The van der Waals surface area contributed by atoms with Crippen molar-refractivity contribution in [1.29, 1.82) is 0 Å². The highest BCUT2D eigenvalue weighted by atomic mass is 16.5. The Hall–Kier alpha value is -5.76. The Bertz CT molecular complexity index is 1660. The summed E-state index contributed by atoms with van der Waals surface area (Å²) in [6.45, 7) is 0. The van der Waals surface area contributed by atoms with Gasteiger partial charge in [-0.1, -0.05) is 48.5 Å². The summed E-state index contributed by atoms with van der Waals surface area (Å²) in [5.74, 6) is 0.507. The third kappa shape index (κ3) is 5.88. The average Bonchev–Trinajstić information content (AvgIpc) is 3.01. The van der Waals surface area contributed by atoms with Gasteiger partial charge in [0.15, 0.2) is 23.0 Å². The molecule has 0 amide bonds. The molecule has 8 nitrogen and oxygen atoms in total. The van der Waals surface area contributed by atoms with Gasteiger partial charge < -0.3 is 29.9 Å². The molecule has 0 bridgehead atoms. The zero-order valence-electron chi connectivity index (χ0n) is 22.9. The van der Waals surface area contributed by atoms with Gasteiger partial charge in [0.05, 0.1) is 14.2 Å². The van der Waals surface area contributed by atoms with Crippen LogP contribution in [0.15, 0.2) is 107 Å². The highest BCUT2D eigenvalue weighted by molar-refractivity contribution is 5.91. The van der Waals surface area contributed by atoms with Crippen LogP contribution in [-0.4, -0.2) is 47.1 Å². The van der Waals surface area contributed by atoms with Gasteiger partial charge in [-0.2, -0.15) is 0 Å². The molecule has 0 radical (unpaired) electrons. The number of rotatable bonds is 8. The number of hydrogen-bond donors (Lipinski definition) is 4. The van der Waals surface area contributed by atoms with E-state index in [2.05, 4.69) is 9.98 Å². The molecule has 8 heteroatoms. The van der Waals surface area contributed by atoms with Crippen LogP contribution in [0.4, 0.5) is 11.4 Å². The molecule has 0 saturated heterocycles. The maximum absolute atomic E-state index is 10.7. The predicted molar refractivity (Wildman–Crippen MR) is 164 cm³/mol. The minimum atomic E-state index is -0.0637. The fourth-order valence-electron chi connectivity index (χ4n) is 4.38. The first-order valence-electron chi connectivity index (χ1n) is 12.9. The molecule has 5 rings (SSSR count). The molecule has 210 valence electrons. The van der Waals surface area contributed by atoms with E-state index in [9.17, 15) is 20.4 Å². The second-order valence-electron chi connectivity index (χ2n) is 9.30. The first-order chi connectivity index (χ1) is 20.4. The molecule has 0 saturated carbocycles. The lowest BCUT2D eigenvalue weighted by molar-refractivity contribution is 0.373. The maximum Gasteiger partial charge on any atom is 0.166 e. The van der Waals surface area contributed by atoms with Gasteiger partial charge in [-0.15, -0.1) is 0 Å². The minimum Gasteiger partial charge on any atom is -0.506 e. The number of aromatic hydroxyl groups is 4. The van der Waals surface area contributed by atoms with Crippen molar-refractivity contribution >= 4 is 23.8 Å². The van der Waals surface area contributed by atoms with Gasteiger partial charge in [0.2, 0.25) is 0 Å². The normalized spacial score (nSPS) is 11.3. The average molecular weight is 561 g/mol. The van der Waals surface area contributed by atoms with Crippen LogP contribution < -0.4 is 9.47 Å². The number of nitrogens with zero attached hydrogens (tertiary/aromatic N) is 2. The lowest BCUT2D eigenvalue weighted by Gasteiger charge is -2.12. The fraction of sp³-hybridized carbons (Fsp3) is 0.0588. The molecule has 0 heterocycles. The van der Waals surface area contributed by atoms with E-state index in [1.165, 1.54) is 26.6 Å². The predicted octanol–water partition coefficient (Wildman–Crippen LogP) is 7.36. The Balaban J connectivity index is 1.48. The molecule has 5 aromatic rings. The second-order valence-corrected chi connectivity index (χ2v) is 9.30. The summed E-state index contributed by atoms with van der Waals surface area (Å²) in [6, 6.07) is 28.1. The van der Waals surface area contributed by atoms with Crippen LogP contribution in [0, 0.1) is 0 Å². The quantitative estimate of drug-likeness (QED) is 0.147. The highest BCUT2D eigenvalue weighted by Gasteiger charge is 2.14. The van der Waals surface area contributed by atoms with E-state index >= 15 is 0 Å².